The second kappa shape index (κ2) is 13.4. The number of amides is 2. The summed E-state index contributed by atoms with van der Waals surface area (Å²) in [7, 11) is 0. The van der Waals surface area contributed by atoms with Gasteiger partial charge in [0, 0.05) is 42.4 Å². The standard InChI is InChI=1S/C34H35ClF2N4O5/c1-18-3-2-4-28(41-12-10-20(14-30(41)44)31-25(36)8-7-24(35)32(31)37)27-13-19(9-11-38-27)23-6-5-21(15-26(23)40-33(18)45)39-34-29(43)16-22(42)17-46-34/h5-9,11,13-15,18,22,28-29,34,39,42-43H,2-4,10,12,16-17H2,1H3,(H,40,45). The van der Waals surface area contributed by atoms with Gasteiger partial charge in [-0.1, -0.05) is 31.0 Å². The highest BCUT2D eigenvalue weighted by molar-refractivity contribution is 6.31. The van der Waals surface area contributed by atoms with Crippen LogP contribution in [0.2, 0.25) is 5.02 Å². The highest BCUT2D eigenvalue weighted by Crippen LogP contribution is 2.38. The van der Waals surface area contributed by atoms with Crippen LogP contribution < -0.4 is 10.6 Å². The Morgan fingerprint density at radius 3 is 2.72 bits per heavy atom. The smallest absolute Gasteiger partial charge is 0.247 e. The number of aromatic nitrogens is 1. The Morgan fingerprint density at radius 1 is 1.11 bits per heavy atom. The van der Waals surface area contributed by atoms with Gasteiger partial charge in [0.05, 0.1) is 40.7 Å². The molecule has 3 aliphatic heterocycles. The number of anilines is 2. The van der Waals surface area contributed by atoms with Crippen LogP contribution in [0.5, 0.6) is 0 Å². The van der Waals surface area contributed by atoms with Crippen LogP contribution in [0.15, 0.2) is 54.7 Å². The van der Waals surface area contributed by atoms with Crippen molar-refractivity contribution in [3.63, 3.8) is 0 Å². The molecular weight excluding hydrogens is 618 g/mol. The number of pyridine rings is 1. The van der Waals surface area contributed by atoms with Gasteiger partial charge >= 0.3 is 0 Å². The number of benzene rings is 2. The Bertz CT molecular complexity index is 1690. The van der Waals surface area contributed by atoms with Crippen LogP contribution in [0.25, 0.3) is 16.7 Å². The van der Waals surface area contributed by atoms with Gasteiger partial charge in [-0.25, -0.2) is 8.78 Å². The summed E-state index contributed by atoms with van der Waals surface area (Å²) >= 11 is 5.91. The lowest BCUT2D eigenvalue weighted by molar-refractivity contribution is -0.129. The van der Waals surface area contributed by atoms with Gasteiger partial charge in [0.1, 0.15) is 11.9 Å². The monoisotopic (exact) mass is 652 g/mol. The highest BCUT2D eigenvalue weighted by atomic mass is 35.5. The largest absolute Gasteiger partial charge is 0.391 e. The molecule has 4 N–H and O–H groups in total. The second-order valence-corrected chi connectivity index (χ2v) is 12.5. The zero-order chi connectivity index (χ0) is 32.5. The zero-order valence-corrected chi connectivity index (χ0v) is 25.9. The predicted octanol–water partition coefficient (Wildman–Crippen LogP) is 5.68. The molecule has 5 unspecified atom stereocenters. The molecule has 3 aliphatic rings. The number of nitrogens with one attached hydrogen (secondary N) is 2. The first-order valence-electron chi connectivity index (χ1n) is 15.4. The summed E-state index contributed by atoms with van der Waals surface area (Å²) in [6.45, 7) is 2.17. The van der Waals surface area contributed by atoms with E-state index in [2.05, 4.69) is 15.6 Å². The van der Waals surface area contributed by atoms with E-state index in [1.807, 2.05) is 31.2 Å². The summed E-state index contributed by atoms with van der Waals surface area (Å²) in [5.74, 6) is -2.54. The van der Waals surface area contributed by atoms with Crippen molar-refractivity contribution in [3.8, 4) is 11.1 Å². The number of nitrogens with zero attached hydrogens (tertiary/aromatic N) is 2. The van der Waals surface area contributed by atoms with E-state index in [1.165, 1.54) is 6.08 Å². The van der Waals surface area contributed by atoms with E-state index in [0.29, 0.717) is 36.3 Å². The van der Waals surface area contributed by atoms with Crippen LogP contribution in [0.4, 0.5) is 20.2 Å². The molecule has 2 amide bonds. The van der Waals surface area contributed by atoms with Crippen molar-refractivity contribution in [1.82, 2.24) is 9.88 Å². The van der Waals surface area contributed by atoms with Crippen LogP contribution in [0.3, 0.4) is 0 Å². The van der Waals surface area contributed by atoms with Gasteiger partial charge in [-0.15, -0.1) is 0 Å². The lowest BCUT2D eigenvalue weighted by Crippen LogP contribution is -2.45. The molecule has 1 fully saturated rings. The molecule has 0 aliphatic carbocycles. The minimum absolute atomic E-state index is 0.0971. The Balaban J connectivity index is 1.32. The number of hydrogen-bond acceptors (Lipinski definition) is 7. The van der Waals surface area contributed by atoms with E-state index in [0.717, 1.165) is 23.3 Å². The van der Waals surface area contributed by atoms with Gasteiger partial charge in [0.25, 0.3) is 0 Å². The number of aliphatic hydroxyl groups is 2. The first-order valence-corrected chi connectivity index (χ1v) is 15.8. The number of halogens is 3. The number of rotatable bonds is 4. The summed E-state index contributed by atoms with van der Waals surface area (Å²) in [4.78, 5) is 33.2. The SMILES string of the molecule is CC1CCCC(N2CCC(c3c(F)ccc(Cl)c3F)=CC2=O)c2cc(ccn2)-c2ccc(NC3OCC(O)CC3O)cc2NC1=O. The third-order valence-corrected chi connectivity index (χ3v) is 9.15. The summed E-state index contributed by atoms with van der Waals surface area (Å²) in [5, 5.41) is 26.2. The van der Waals surface area contributed by atoms with Crippen molar-refractivity contribution in [3.05, 3.63) is 82.7 Å². The molecule has 1 aromatic heterocycles. The molecule has 5 atom stereocenters. The van der Waals surface area contributed by atoms with Crippen molar-refractivity contribution in [2.24, 2.45) is 5.92 Å². The van der Waals surface area contributed by atoms with E-state index in [-0.39, 0.29) is 59.9 Å². The molecule has 242 valence electrons. The predicted molar refractivity (Wildman–Crippen MR) is 170 cm³/mol. The Hall–Kier alpha value is -3.90. The Kier molecular flexibility index (Phi) is 9.37. The minimum Gasteiger partial charge on any atom is -0.391 e. The Labute approximate surface area is 270 Å². The maximum atomic E-state index is 14.8. The molecule has 2 bridgehead atoms. The number of carbonyl (C=O) groups is 2. The van der Waals surface area contributed by atoms with E-state index in [9.17, 15) is 28.6 Å². The van der Waals surface area contributed by atoms with Crippen LogP contribution in [0, 0.1) is 17.6 Å². The summed E-state index contributed by atoms with van der Waals surface area (Å²) in [5.41, 5.74) is 3.29. The molecule has 46 heavy (non-hydrogen) atoms. The average molecular weight is 653 g/mol. The van der Waals surface area contributed by atoms with Crippen LogP contribution >= 0.6 is 11.6 Å². The minimum atomic E-state index is -0.911. The molecule has 2 aromatic carbocycles. The topological polar surface area (TPSA) is 124 Å². The number of ether oxygens (including phenoxy) is 1. The molecule has 1 saturated heterocycles. The number of hydrogen-bond donors (Lipinski definition) is 4. The van der Waals surface area contributed by atoms with Gasteiger partial charge < -0.3 is 30.5 Å². The molecule has 3 aromatic rings. The molecule has 0 saturated carbocycles. The van der Waals surface area contributed by atoms with Crippen molar-refractivity contribution >= 4 is 40.4 Å². The second-order valence-electron chi connectivity index (χ2n) is 12.1. The van der Waals surface area contributed by atoms with Crippen molar-refractivity contribution in [2.45, 2.75) is 63.5 Å². The third kappa shape index (κ3) is 6.64. The van der Waals surface area contributed by atoms with Crippen molar-refractivity contribution < 1.29 is 33.3 Å². The maximum Gasteiger partial charge on any atom is 0.247 e. The van der Waals surface area contributed by atoms with E-state index < -0.39 is 36.1 Å². The lowest BCUT2D eigenvalue weighted by Gasteiger charge is -2.34. The number of aliphatic hydroxyl groups excluding tert-OH is 2. The Morgan fingerprint density at radius 2 is 1.93 bits per heavy atom. The molecule has 0 radical (unpaired) electrons. The fourth-order valence-corrected chi connectivity index (χ4v) is 6.49. The molecule has 0 spiro atoms. The van der Waals surface area contributed by atoms with E-state index in [4.69, 9.17) is 16.3 Å². The maximum absolute atomic E-state index is 14.8. The lowest BCUT2D eigenvalue weighted by atomic mass is 9.92. The van der Waals surface area contributed by atoms with Gasteiger partial charge in [-0.05, 0) is 66.8 Å². The fraction of sp³-hybridized carbons (Fsp3) is 0.382. The zero-order valence-electron chi connectivity index (χ0n) is 25.2. The molecule has 9 nitrogen and oxygen atoms in total. The van der Waals surface area contributed by atoms with Gasteiger partial charge in [-0.3, -0.25) is 14.6 Å². The number of carbonyl (C=O) groups excluding carboxylic acids is 2. The number of fused-ring (bicyclic) bond motifs is 4. The van der Waals surface area contributed by atoms with Crippen LogP contribution in [-0.4, -0.2) is 63.5 Å². The first kappa shape index (κ1) is 32.1. The first-order chi connectivity index (χ1) is 22.1. The van der Waals surface area contributed by atoms with E-state index >= 15 is 0 Å². The highest BCUT2D eigenvalue weighted by Gasteiger charge is 2.32. The van der Waals surface area contributed by atoms with Crippen molar-refractivity contribution in [1.29, 1.82) is 0 Å². The van der Waals surface area contributed by atoms with Gasteiger partial charge in [0.2, 0.25) is 11.8 Å². The quantitative estimate of drug-likeness (QED) is 0.268. The van der Waals surface area contributed by atoms with Crippen LogP contribution in [-0.2, 0) is 14.3 Å². The fourth-order valence-electron chi connectivity index (χ4n) is 6.34. The summed E-state index contributed by atoms with van der Waals surface area (Å²) in [6.07, 6.45) is 2.70. The van der Waals surface area contributed by atoms with Gasteiger partial charge in [0.15, 0.2) is 12.0 Å². The third-order valence-electron chi connectivity index (χ3n) is 8.86. The average Bonchev–Trinajstić information content (AvgIpc) is 3.03. The van der Waals surface area contributed by atoms with E-state index in [1.54, 1.807) is 17.2 Å². The normalized spacial score (nSPS) is 25.5. The van der Waals surface area contributed by atoms with Gasteiger partial charge in [-0.2, -0.15) is 0 Å². The molecule has 12 heteroatoms. The summed E-state index contributed by atoms with van der Waals surface area (Å²) < 4.78 is 35.0. The summed E-state index contributed by atoms with van der Waals surface area (Å²) in [6, 6.07) is 11.0. The van der Waals surface area contributed by atoms with Crippen LogP contribution in [0.1, 0.15) is 56.3 Å². The molecule has 6 rings (SSSR count). The molecular formula is C34H35ClF2N4O5. The van der Waals surface area contributed by atoms with Crippen molar-refractivity contribution in [2.75, 3.05) is 23.8 Å². The molecule has 4 heterocycles.